The Bertz CT molecular complexity index is 1140. The Morgan fingerprint density at radius 1 is 1.14 bits per heavy atom. The van der Waals surface area contributed by atoms with E-state index in [1.165, 1.54) is 23.4 Å². The van der Waals surface area contributed by atoms with E-state index in [0.29, 0.717) is 24.3 Å². The van der Waals surface area contributed by atoms with E-state index in [1.54, 1.807) is 29.2 Å². The SMILES string of the molecule is CC(=O)c1ccc(S(=O)(=O)N2CCCC(c3nn(C)c4nccnc34)C2)cc1. The summed E-state index contributed by atoms with van der Waals surface area (Å²) >= 11 is 0. The molecule has 1 saturated heterocycles. The van der Waals surface area contributed by atoms with E-state index in [2.05, 4.69) is 15.1 Å². The van der Waals surface area contributed by atoms with Gasteiger partial charge in [-0.3, -0.25) is 4.79 Å². The number of aryl methyl sites for hydroxylation is 1. The Kier molecular flexibility index (Phi) is 4.72. The van der Waals surface area contributed by atoms with Crippen LogP contribution in [-0.4, -0.2) is 51.3 Å². The van der Waals surface area contributed by atoms with Crippen LogP contribution >= 0.6 is 0 Å². The Morgan fingerprint density at radius 3 is 2.57 bits per heavy atom. The van der Waals surface area contributed by atoms with Gasteiger partial charge in [0.05, 0.1) is 10.6 Å². The molecule has 1 fully saturated rings. The van der Waals surface area contributed by atoms with E-state index in [9.17, 15) is 13.2 Å². The summed E-state index contributed by atoms with van der Waals surface area (Å²) in [6.45, 7) is 2.27. The molecule has 1 atom stereocenters. The van der Waals surface area contributed by atoms with Crippen LogP contribution in [0.2, 0.25) is 0 Å². The third kappa shape index (κ3) is 3.20. The molecule has 1 aromatic carbocycles. The highest BCUT2D eigenvalue weighted by atomic mass is 32.2. The third-order valence-corrected chi connectivity index (χ3v) is 7.03. The summed E-state index contributed by atoms with van der Waals surface area (Å²) in [5.74, 6) is -0.134. The first-order valence-electron chi connectivity index (χ1n) is 9.12. The van der Waals surface area contributed by atoms with Gasteiger partial charge < -0.3 is 0 Å². The van der Waals surface area contributed by atoms with E-state index >= 15 is 0 Å². The van der Waals surface area contributed by atoms with Gasteiger partial charge in [0.15, 0.2) is 11.4 Å². The molecule has 0 N–H and O–H groups in total. The van der Waals surface area contributed by atoms with E-state index in [0.717, 1.165) is 24.1 Å². The van der Waals surface area contributed by atoms with Crippen molar-refractivity contribution in [3.63, 3.8) is 0 Å². The molecule has 0 aliphatic carbocycles. The molecule has 0 spiro atoms. The first kappa shape index (κ1) is 18.7. The van der Waals surface area contributed by atoms with Gasteiger partial charge in [-0.1, -0.05) is 12.1 Å². The lowest BCUT2D eigenvalue weighted by Crippen LogP contribution is -2.39. The van der Waals surface area contributed by atoms with Crippen molar-refractivity contribution in [3.8, 4) is 0 Å². The van der Waals surface area contributed by atoms with Gasteiger partial charge in [0.25, 0.3) is 0 Å². The van der Waals surface area contributed by atoms with E-state index < -0.39 is 10.0 Å². The number of rotatable bonds is 4. The zero-order valence-corrected chi connectivity index (χ0v) is 16.6. The van der Waals surface area contributed by atoms with Crippen molar-refractivity contribution < 1.29 is 13.2 Å². The fourth-order valence-corrected chi connectivity index (χ4v) is 5.20. The number of benzene rings is 1. The molecule has 0 bridgehead atoms. The molecule has 4 rings (SSSR count). The van der Waals surface area contributed by atoms with Crippen molar-refractivity contribution in [3.05, 3.63) is 47.9 Å². The molecule has 0 radical (unpaired) electrons. The highest BCUT2D eigenvalue weighted by Crippen LogP contribution is 2.32. The smallest absolute Gasteiger partial charge is 0.243 e. The highest BCUT2D eigenvalue weighted by Gasteiger charge is 2.33. The second-order valence-electron chi connectivity index (χ2n) is 7.02. The van der Waals surface area contributed by atoms with Gasteiger partial charge in [-0.15, -0.1) is 0 Å². The molecule has 0 amide bonds. The molecule has 28 heavy (non-hydrogen) atoms. The fraction of sp³-hybridized carbons (Fsp3) is 0.368. The van der Waals surface area contributed by atoms with Gasteiger partial charge in [0.1, 0.15) is 5.52 Å². The van der Waals surface area contributed by atoms with E-state index in [4.69, 9.17) is 0 Å². The minimum absolute atomic E-state index is 0.0413. The second-order valence-corrected chi connectivity index (χ2v) is 8.96. The zero-order chi connectivity index (χ0) is 19.9. The number of nitrogens with zero attached hydrogens (tertiary/aromatic N) is 5. The first-order chi connectivity index (χ1) is 13.4. The maximum absolute atomic E-state index is 13.1. The quantitative estimate of drug-likeness (QED) is 0.624. The third-order valence-electron chi connectivity index (χ3n) is 5.16. The topological polar surface area (TPSA) is 98.1 Å². The molecule has 1 unspecified atom stereocenters. The van der Waals surface area contributed by atoms with Crippen molar-refractivity contribution in [1.29, 1.82) is 0 Å². The summed E-state index contributed by atoms with van der Waals surface area (Å²) in [7, 11) is -1.83. The first-order valence-corrected chi connectivity index (χ1v) is 10.6. The van der Waals surface area contributed by atoms with Crippen LogP contribution in [-0.2, 0) is 17.1 Å². The number of Topliss-reactive ketones (excluding diaryl/α,β-unsaturated/α-hetero) is 1. The van der Waals surface area contributed by atoms with E-state index in [1.807, 2.05) is 7.05 Å². The maximum Gasteiger partial charge on any atom is 0.243 e. The Hall–Kier alpha value is -2.65. The summed E-state index contributed by atoms with van der Waals surface area (Å²) in [6.07, 6.45) is 4.84. The van der Waals surface area contributed by atoms with Crippen LogP contribution < -0.4 is 0 Å². The van der Waals surface area contributed by atoms with Gasteiger partial charge >= 0.3 is 0 Å². The molecule has 3 aromatic rings. The average molecular weight is 399 g/mol. The van der Waals surface area contributed by atoms with Crippen molar-refractivity contribution >= 4 is 27.0 Å². The van der Waals surface area contributed by atoms with Crippen LogP contribution in [0.15, 0.2) is 41.6 Å². The van der Waals surface area contributed by atoms with Crippen LogP contribution in [0, 0.1) is 0 Å². The summed E-state index contributed by atoms with van der Waals surface area (Å²) in [5.41, 5.74) is 2.70. The van der Waals surface area contributed by atoms with Crippen molar-refractivity contribution in [1.82, 2.24) is 24.1 Å². The summed E-state index contributed by atoms with van der Waals surface area (Å²) in [4.78, 5) is 20.4. The summed E-state index contributed by atoms with van der Waals surface area (Å²) in [5, 5.41) is 4.57. The number of ketones is 1. The Labute approximate surface area is 163 Å². The number of carbonyl (C=O) groups is 1. The van der Waals surface area contributed by atoms with Gasteiger partial charge in [-0.05, 0) is 31.9 Å². The van der Waals surface area contributed by atoms with Gasteiger partial charge in [0, 0.05) is 44.0 Å². The minimum Gasteiger partial charge on any atom is -0.295 e. The number of sulfonamides is 1. The van der Waals surface area contributed by atoms with Crippen LogP contribution in [0.25, 0.3) is 11.2 Å². The predicted octanol–water partition coefficient (Wildman–Crippen LogP) is 2.13. The average Bonchev–Trinajstić information content (AvgIpc) is 3.05. The fourth-order valence-electron chi connectivity index (χ4n) is 3.67. The molecule has 1 aliphatic rings. The van der Waals surface area contributed by atoms with Crippen molar-refractivity contribution in [2.45, 2.75) is 30.6 Å². The number of piperidine rings is 1. The largest absolute Gasteiger partial charge is 0.295 e. The zero-order valence-electron chi connectivity index (χ0n) is 15.7. The Morgan fingerprint density at radius 2 is 1.86 bits per heavy atom. The lowest BCUT2D eigenvalue weighted by Gasteiger charge is -2.31. The van der Waals surface area contributed by atoms with Crippen LogP contribution in [0.5, 0.6) is 0 Å². The standard InChI is InChI=1S/C19H21N5O3S/c1-13(25)14-5-7-16(8-6-14)28(26,27)24-11-3-4-15(12-24)17-18-19(23(2)22-17)21-10-9-20-18/h5-10,15H,3-4,11-12H2,1-2H3. The molecule has 3 heterocycles. The summed E-state index contributed by atoms with van der Waals surface area (Å²) in [6, 6.07) is 6.10. The molecule has 1 aliphatic heterocycles. The monoisotopic (exact) mass is 399 g/mol. The molecule has 0 saturated carbocycles. The van der Waals surface area contributed by atoms with E-state index in [-0.39, 0.29) is 16.6 Å². The predicted molar refractivity (Wildman–Crippen MR) is 103 cm³/mol. The second kappa shape index (κ2) is 7.06. The molecule has 9 heteroatoms. The number of hydrogen-bond acceptors (Lipinski definition) is 6. The van der Waals surface area contributed by atoms with Gasteiger partial charge in [0.2, 0.25) is 10.0 Å². The van der Waals surface area contributed by atoms with Gasteiger partial charge in [-0.25, -0.2) is 23.1 Å². The minimum atomic E-state index is -3.64. The van der Waals surface area contributed by atoms with Crippen LogP contribution in [0.3, 0.4) is 0 Å². The molecule has 2 aromatic heterocycles. The summed E-state index contributed by atoms with van der Waals surface area (Å²) < 4.78 is 29.4. The molecule has 8 nitrogen and oxygen atoms in total. The normalized spacial score (nSPS) is 18.4. The number of fused-ring (bicyclic) bond motifs is 1. The highest BCUT2D eigenvalue weighted by molar-refractivity contribution is 7.89. The number of carbonyl (C=O) groups excluding carboxylic acids is 1. The lowest BCUT2D eigenvalue weighted by molar-refractivity contribution is 0.101. The molecular weight excluding hydrogens is 378 g/mol. The molecule has 146 valence electrons. The maximum atomic E-state index is 13.1. The van der Waals surface area contributed by atoms with Crippen molar-refractivity contribution in [2.24, 2.45) is 7.05 Å². The Balaban J connectivity index is 1.63. The molecular formula is C19H21N5O3S. The van der Waals surface area contributed by atoms with Crippen molar-refractivity contribution in [2.75, 3.05) is 13.1 Å². The van der Waals surface area contributed by atoms with Crippen LogP contribution in [0.1, 0.15) is 41.7 Å². The lowest BCUT2D eigenvalue weighted by atomic mass is 9.96. The van der Waals surface area contributed by atoms with Gasteiger partial charge in [-0.2, -0.15) is 9.40 Å². The number of aromatic nitrogens is 4. The number of hydrogen-bond donors (Lipinski definition) is 0. The van der Waals surface area contributed by atoms with Crippen LogP contribution in [0.4, 0.5) is 0 Å².